The number of rotatable bonds is 5. The molecule has 1 atom stereocenters. The number of carbonyl (C=O) groups is 1. The van der Waals surface area contributed by atoms with Crippen LogP contribution < -0.4 is 0 Å². The number of carbonyl (C=O) groups excluding carboxylic acids is 1. The summed E-state index contributed by atoms with van der Waals surface area (Å²) in [6.07, 6.45) is 0.553. The first kappa shape index (κ1) is 19.6. The van der Waals surface area contributed by atoms with Crippen LogP contribution in [0.2, 0.25) is 0 Å². The molecule has 0 fully saturated rings. The zero-order chi connectivity index (χ0) is 18.3. The maximum atomic E-state index is 11.6. The summed E-state index contributed by atoms with van der Waals surface area (Å²) < 4.78 is 11.8. The van der Waals surface area contributed by atoms with E-state index in [1.54, 1.807) is 31.8 Å². The fourth-order valence-electron chi connectivity index (χ4n) is 1.94. The van der Waals surface area contributed by atoms with E-state index in [0.717, 1.165) is 11.3 Å². The molecule has 0 bridgehead atoms. The van der Waals surface area contributed by atoms with E-state index in [4.69, 9.17) is 9.47 Å². The van der Waals surface area contributed by atoms with Crippen molar-refractivity contribution in [3.8, 4) is 11.5 Å². The van der Waals surface area contributed by atoms with Crippen LogP contribution in [-0.4, -0.2) is 42.2 Å². The van der Waals surface area contributed by atoms with Crippen molar-refractivity contribution in [3.05, 3.63) is 11.8 Å². The second-order valence-corrected chi connectivity index (χ2v) is 5.13. The van der Waals surface area contributed by atoms with Crippen molar-refractivity contribution in [2.75, 3.05) is 0 Å². The molecule has 24 heavy (non-hydrogen) atoms. The average Bonchev–Trinajstić information content (AvgIpc) is 3.13. The fraction of sp³-hybridized carbons (Fsp3) is 0.667. The van der Waals surface area contributed by atoms with Crippen molar-refractivity contribution in [1.82, 2.24) is 30.0 Å². The number of aryl methyl sites for hydroxylation is 2. The third-order valence-corrected chi connectivity index (χ3v) is 2.93. The predicted octanol–water partition coefficient (Wildman–Crippen LogP) is 2.88. The Morgan fingerprint density at radius 2 is 1.96 bits per heavy atom. The highest BCUT2D eigenvalue weighted by molar-refractivity contribution is 5.60. The van der Waals surface area contributed by atoms with E-state index in [0.29, 0.717) is 12.2 Å². The number of aromatic nitrogens is 6. The number of hydrogen-bond donors (Lipinski definition) is 0. The van der Waals surface area contributed by atoms with Crippen LogP contribution in [0.25, 0.3) is 11.5 Å². The lowest BCUT2D eigenvalue weighted by molar-refractivity contribution is -0.0290. The Hall–Kier alpha value is -2.45. The first-order valence-corrected chi connectivity index (χ1v) is 8.08. The van der Waals surface area contributed by atoms with E-state index < -0.39 is 12.4 Å². The molecule has 0 aliphatic rings. The molecule has 9 heteroatoms. The van der Waals surface area contributed by atoms with E-state index in [9.17, 15) is 4.79 Å². The van der Waals surface area contributed by atoms with Crippen molar-refractivity contribution in [3.63, 3.8) is 0 Å². The molecule has 0 N–H and O–H groups in total. The van der Waals surface area contributed by atoms with Gasteiger partial charge in [-0.3, -0.25) is 4.68 Å². The monoisotopic (exact) mass is 338 g/mol. The molecule has 2 rings (SSSR count). The summed E-state index contributed by atoms with van der Waals surface area (Å²) in [5.74, 6) is 0.428. The lowest BCUT2D eigenvalue weighted by atomic mass is 10.3. The number of tetrazole rings is 1. The zero-order valence-corrected chi connectivity index (χ0v) is 15.3. The Kier molecular flexibility index (Phi) is 7.34. The van der Waals surface area contributed by atoms with Gasteiger partial charge in [0.1, 0.15) is 5.69 Å². The predicted molar refractivity (Wildman–Crippen MR) is 88.1 cm³/mol. The van der Waals surface area contributed by atoms with Crippen LogP contribution in [-0.2, 0) is 16.5 Å². The highest BCUT2D eigenvalue weighted by Gasteiger charge is 2.21. The molecule has 0 amide bonds. The molecule has 0 aromatic carbocycles. The molecule has 2 aromatic heterocycles. The van der Waals surface area contributed by atoms with E-state index in [1.807, 2.05) is 27.7 Å². The number of ether oxygens (including phenoxy) is 2. The molecular formula is C15H26N6O3. The van der Waals surface area contributed by atoms with Crippen molar-refractivity contribution < 1.29 is 14.3 Å². The van der Waals surface area contributed by atoms with Crippen LogP contribution in [0.5, 0.6) is 0 Å². The minimum Gasteiger partial charge on any atom is -0.432 e. The van der Waals surface area contributed by atoms with E-state index >= 15 is 0 Å². The van der Waals surface area contributed by atoms with Crippen LogP contribution in [0.15, 0.2) is 6.20 Å². The van der Waals surface area contributed by atoms with Crippen LogP contribution in [0, 0.1) is 6.92 Å². The summed E-state index contributed by atoms with van der Waals surface area (Å²) in [6.45, 7) is 11.3. The highest BCUT2D eigenvalue weighted by atomic mass is 16.7. The summed E-state index contributed by atoms with van der Waals surface area (Å²) in [5, 5.41) is 16.4. The van der Waals surface area contributed by atoms with Crippen LogP contribution >= 0.6 is 0 Å². The topological polar surface area (TPSA) is 97.0 Å². The van der Waals surface area contributed by atoms with Crippen LogP contribution in [0.3, 0.4) is 0 Å². The Morgan fingerprint density at radius 3 is 2.46 bits per heavy atom. The van der Waals surface area contributed by atoms with E-state index in [1.165, 1.54) is 4.80 Å². The maximum absolute atomic E-state index is 11.6. The second-order valence-electron chi connectivity index (χ2n) is 5.13. The molecule has 1 unspecified atom stereocenters. The Bertz CT molecular complexity index is 630. The Balaban J connectivity index is 0.00000139. The van der Waals surface area contributed by atoms with E-state index in [2.05, 4.69) is 20.5 Å². The lowest BCUT2D eigenvalue weighted by Gasteiger charge is -2.15. The molecule has 134 valence electrons. The average molecular weight is 338 g/mol. The van der Waals surface area contributed by atoms with Crippen molar-refractivity contribution in [1.29, 1.82) is 0 Å². The normalized spacial score (nSPS) is 11.7. The molecule has 0 saturated heterocycles. The smallest absolute Gasteiger partial charge is 0.432 e. The quantitative estimate of drug-likeness (QED) is 0.773. The number of hydrogen-bond acceptors (Lipinski definition) is 7. The lowest BCUT2D eigenvalue weighted by Crippen LogP contribution is -2.21. The summed E-state index contributed by atoms with van der Waals surface area (Å²) >= 11 is 0. The molecule has 2 aromatic rings. The van der Waals surface area contributed by atoms with Gasteiger partial charge in [0.2, 0.25) is 12.1 Å². The Morgan fingerprint density at radius 1 is 1.29 bits per heavy atom. The van der Waals surface area contributed by atoms with Crippen molar-refractivity contribution >= 4 is 6.16 Å². The van der Waals surface area contributed by atoms with Crippen LogP contribution in [0.4, 0.5) is 4.79 Å². The first-order chi connectivity index (χ1) is 11.4. The summed E-state index contributed by atoms with van der Waals surface area (Å²) in [6, 6.07) is 0. The summed E-state index contributed by atoms with van der Waals surface area (Å²) in [5.41, 5.74) is 1.71. The zero-order valence-electron chi connectivity index (χ0n) is 15.3. The van der Waals surface area contributed by atoms with Gasteiger partial charge < -0.3 is 9.47 Å². The third-order valence-electron chi connectivity index (χ3n) is 2.93. The molecule has 0 spiro atoms. The molecule has 0 aliphatic heterocycles. The van der Waals surface area contributed by atoms with Gasteiger partial charge in [0.25, 0.3) is 0 Å². The van der Waals surface area contributed by atoms with Gasteiger partial charge in [0, 0.05) is 13.5 Å². The van der Waals surface area contributed by atoms with E-state index in [-0.39, 0.29) is 6.10 Å². The largest absolute Gasteiger partial charge is 0.510 e. The molecule has 0 radical (unpaired) electrons. The van der Waals surface area contributed by atoms with Gasteiger partial charge in [-0.1, -0.05) is 20.8 Å². The first-order valence-electron chi connectivity index (χ1n) is 8.08. The maximum Gasteiger partial charge on any atom is 0.510 e. The minimum absolute atomic E-state index is 0.249. The molecule has 2 heterocycles. The van der Waals surface area contributed by atoms with Crippen molar-refractivity contribution in [2.45, 2.75) is 60.3 Å². The standard InChI is InChI=1S/C13H20N6O3.C2H6/c1-6-10(22-13(20)21-8(2)3)19-16-12(15-17-19)11-9(4)7-14-18(11)5;1-2/h7-8,10H,6H2,1-5H3;1-2H3. The second kappa shape index (κ2) is 8.99. The third kappa shape index (κ3) is 4.77. The van der Waals surface area contributed by atoms with Crippen LogP contribution in [0.1, 0.15) is 52.8 Å². The minimum atomic E-state index is -0.752. The highest BCUT2D eigenvalue weighted by Crippen LogP contribution is 2.19. The van der Waals surface area contributed by atoms with Crippen molar-refractivity contribution in [2.24, 2.45) is 7.05 Å². The molecule has 0 aliphatic carbocycles. The number of nitrogens with zero attached hydrogens (tertiary/aromatic N) is 6. The van der Waals surface area contributed by atoms with Gasteiger partial charge in [-0.25, -0.2) is 4.79 Å². The van der Waals surface area contributed by atoms with Gasteiger partial charge in [-0.2, -0.15) is 5.10 Å². The molecule has 0 saturated carbocycles. The Labute approximate surface area is 141 Å². The fourth-order valence-corrected chi connectivity index (χ4v) is 1.94. The van der Waals surface area contributed by atoms with Gasteiger partial charge in [-0.05, 0) is 31.5 Å². The van der Waals surface area contributed by atoms with Gasteiger partial charge in [0.15, 0.2) is 0 Å². The SMILES string of the molecule is CC.CCC(OC(=O)OC(C)C)n1nnc(-c2c(C)cnn2C)n1. The van der Waals surface area contributed by atoms with Gasteiger partial charge in [0.05, 0.1) is 12.3 Å². The summed E-state index contributed by atoms with van der Waals surface area (Å²) in [4.78, 5) is 12.9. The van der Waals surface area contributed by atoms with Gasteiger partial charge >= 0.3 is 6.16 Å². The summed E-state index contributed by atoms with van der Waals surface area (Å²) in [7, 11) is 1.80. The molecular weight excluding hydrogens is 312 g/mol. The molecule has 9 nitrogen and oxygen atoms in total. The van der Waals surface area contributed by atoms with Gasteiger partial charge in [-0.15, -0.1) is 15.0 Å².